The molecule has 22 heavy (non-hydrogen) atoms. The minimum Gasteiger partial charge on any atom is -0.387 e. The van der Waals surface area contributed by atoms with Crippen LogP contribution >= 0.6 is 11.6 Å². The fraction of sp³-hybridized carbons (Fsp3) is 0.200. The number of aliphatic hydroxyl groups is 1. The summed E-state index contributed by atoms with van der Waals surface area (Å²) in [5, 5.41) is 10.3. The Labute approximate surface area is 132 Å². The van der Waals surface area contributed by atoms with Gasteiger partial charge in [0.1, 0.15) is 0 Å². The second-order valence-corrected chi connectivity index (χ2v) is 7.36. The zero-order chi connectivity index (χ0) is 16.3. The minimum atomic E-state index is -3.73. The van der Waals surface area contributed by atoms with Gasteiger partial charge in [-0.15, -0.1) is 0 Å². The van der Waals surface area contributed by atoms with Crippen LogP contribution < -0.4 is 0 Å². The van der Waals surface area contributed by atoms with Crippen molar-refractivity contribution in [1.82, 2.24) is 0 Å². The number of halogens is 3. The Morgan fingerprint density at radius 1 is 1.09 bits per heavy atom. The number of aliphatic hydroxyl groups excluding tert-OH is 1. The molecule has 0 aliphatic heterocycles. The van der Waals surface area contributed by atoms with Crippen LogP contribution in [-0.2, 0) is 15.6 Å². The largest absolute Gasteiger partial charge is 0.387 e. The Morgan fingerprint density at radius 2 is 1.77 bits per heavy atom. The van der Waals surface area contributed by atoms with Crippen LogP contribution in [0.1, 0.15) is 17.2 Å². The molecule has 0 aromatic heterocycles. The van der Waals surface area contributed by atoms with Crippen LogP contribution in [0.5, 0.6) is 0 Å². The summed E-state index contributed by atoms with van der Waals surface area (Å²) < 4.78 is 50.1. The number of hydrogen-bond donors (Lipinski definition) is 1. The Morgan fingerprint density at radius 3 is 2.41 bits per heavy atom. The number of hydrogen-bond acceptors (Lipinski definition) is 3. The molecule has 0 aliphatic carbocycles. The molecule has 1 atom stereocenters. The smallest absolute Gasteiger partial charge is 0.159 e. The van der Waals surface area contributed by atoms with Crippen LogP contribution in [0.15, 0.2) is 42.5 Å². The highest BCUT2D eigenvalue weighted by molar-refractivity contribution is 7.90. The first-order valence-electron chi connectivity index (χ1n) is 6.35. The maximum atomic E-state index is 13.1. The molecule has 2 aromatic carbocycles. The summed E-state index contributed by atoms with van der Waals surface area (Å²) in [4.78, 5) is 0. The predicted molar refractivity (Wildman–Crippen MR) is 80.3 cm³/mol. The van der Waals surface area contributed by atoms with Crippen molar-refractivity contribution in [3.05, 3.63) is 70.2 Å². The topological polar surface area (TPSA) is 54.4 Å². The second-order valence-electron chi connectivity index (χ2n) is 4.84. The number of rotatable bonds is 5. The molecule has 2 rings (SSSR count). The van der Waals surface area contributed by atoms with Gasteiger partial charge in [0.25, 0.3) is 0 Å². The summed E-state index contributed by atoms with van der Waals surface area (Å²) in [6, 6.07) is 9.25. The summed E-state index contributed by atoms with van der Waals surface area (Å²) in [5.41, 5.74) is 0.420. The predicted octanol–water partition coefficient (Wildman–Crippen LogP) is 3.27. The molecule has 7 heteroatoms. The minimum absolute atomic E-state index is 0.116. The molecule has 0 fully saturated rings. The van der Waals surface area contributed by atoms with E-state index in [9.17, 15) is 22.3 Å². The highest BCUT2D eigenvalue weighted by atomic mass is 35.5. The van der Waals surface area contributed by atoms with Crippen LogP contribution in [0.3, 0.4) is 0 Å². The van der Waals surface area contributed by atoms with Gasteiger partial charge in [-0.1, -0.05) is 35.9 Å². The third kappa shape index (κ3) is 4.25. The molecule has 1 unspecified atom stereocenters. The lowest BCUT2D eigenvalue weighted by Gasteiger charge is -2.13. The van der Waals surface area contributed by atoms with Crippen LogP contribution in [0, 0.1) is 11.6 Å². The van der Waals surface area contributed by atoms with Crippen LogP contribution in [0.2, 0.25) is 5.02 Å². The molecule has 3 nitrogen and oxygen atoms in total. The fourth-order valence-electron chi connectivity index (χ4n) is 2.02. The zero-order valence-electron chi connectivity index (χ0n) is 11.3. The Bertz CT molecular complexity index is 778. The maximum Gasteiger partial charge on any atom is 0.159 e. The average Bonchev–Trinajstić information content (AvgIpc) is 2.42. The van der Waals surface area contributed by atoms with E-state index in [-0.39, 0.29) is 10.6 Å². The van der Waals surface area contributed by atoms with E-state index in [0.29, 0.717) is 5.56 Å². The molecule has 0 spiro atoms. The van der Waals surface area contributed by atoms with E-state index in [0.717, 1.165) is 12.1 Å². The van der Waals surface area contributed by atoms with Gasteiger partial charge in [-0.25, -0.2) is 17.2 Å². The molecule has 0 heterocycles. The lowest BCUT2D eigenvalue weighted by atomic mass is 10.1. The van der Waals surface area contributed by atoms with Crippen molar-refractivity contribution in [2.24, 2.45) is 0 Å². The zero-order valence-corrected chi connectivity index (χ0v) is 12.9. The fourth-order valence-corrected chi connectivity index (χ4v) is 3.75. The van der Waals surface area contributed by atoms with Crippen molar-refractivity contribution in [3.8, 4) is 0 Å². The van der Waals surface area contributed by atoms with Gasteiger partial charge in [0.2, 0.25) is 0 Å². The van der Waals surface area contributed by atoms with Gasteiger partial charge in [0.05, 0.1) is 17.6 Å². The third-order valence-corrected chi connectivity index (χ3v) is 4.99. The van der Waals surface area contributed by atoms with Gasteiger partial charge < -0.3 is 5.11 Å². The molecule has 0 bridgehead atoms. The normalized spacial score (nSPS) is 13.1. The van der Waals surface area contributed by atoms with Crippen molar-refractivity contribution in [3.63, 3.8) is 0 Å². The summed E-state index contributed by atoms with van der Waals surface area (Å²) in [5.74, 6) is -3.21. The van der Waals surface area contributed by atoms with E-state index in [1.807, 2.05) is 0 Å². The van der Waals surface area contributed by atoms with Crippen molar-refractivity contribution in [2.75, 3.05) is 5.75 Å². The molecular formula is C15H13ClF2O3S. The molecule has 118 valence electrons. The van der Waals surface area contributed by atoms with E-state index in [4.69, 9.17) is 11.6 Å². The van der Waals surface area contributed by atoms with Gasteiger partial charge in [-0.05, 0) is 23.8 Å². The lowest BCUT2D eigenvalue weighted by Crippen LogP contribution is -2.16. The van der Waals surface area contributed by atoms with Crippen molar-refractivity contribution >= 4 is 21.4 Å². The molecule has 0 saturated heterocycles. The molecule has 0 radical (unpaired) electrons. The van der Waals surface area contributed by atoms with Gasteiger partial charge in [-0.3, -0.25) is 0 Å². The SMILES string of the molecule is O=S(=O)(Cc1ccc(F)c(F)c1)CC(O)c1ccccc1Cl. The average molecular weight is 347 g/mol. The summed E-state index contributed by atoms with van der Waals surface area (Å²) >= 11 is 5.90. The molecular weight excluding hydrogens is 334 g/mol. The Hall–Kier alpha value is -1.50. The standard InChI is InChI=1S/C15H13ClF2O3S/c16-12-4-2-1-3-11(12)15(19)9-22(20,21)8-10-5-6-13(17)14(18)7-10/h1-7,15,19H,8-9H2. The van der Waals surface area contributed by atoms with Crippen molar-refractivity contribution in [2.45, 2.75) is 11.9 Å². The van der Waals surface area contributed by atoms with Crippen LogP contribution in [0.4, 0.5) is 8.78 Å². The van der Waals surface area contributed by atoms with Crippen molar-refractivity contribution < 1.29 is 22.3 Å². The first-order valence-corrected chi connectivity index (χ1v) is 8.55. The number of sulfone groups is 1. The highest BCUT2D eigenvalue weighted by Gasteiger charge is 2.21. The highest BCUT2D eigenvalue weighted by Crippen LogP contribution is 2.24. The lowest BCUT2D eigenvalue weighted by molar-refractivity contribution is 0.201. The third-order valence-electron chi connectivity index (χ3n) is 3.05. The monoisotopic (exact) mass is 346 g/mol. The van der Waals surface area contributed by atoms with E-state index < -0.39 is 39.1 Å². The molecule has 1 N–H and O–H groups in total. The first kappa shape index (κ1) is 16.9. The molecule has 0 amide bonds. The van der Waals surface area contributed by atoms with E-state index in [2.05, 4.69) is 0 Å². The van der Waals surface area contributed by atoms with Gasteiger partial charge >= 0.3 is 0 Å². The van der Waals surface area contributed by atoms with E-state index >= 15 is 0 Å². The van der Waals surface area contributed by atoms with Crippen LogP contribution in [0.25, 0.3) is 0 Å². The Balaban J connectivity index is 2.14. The molecule has 2 aromatic rings. The first-order chi connectivity index (χ1) is 10.3. The van der Waals surface area contributed by atoms with Gasteiger partial charge in [-0.2, -0.15) is 0 Å². The second kappa shape index (κ2) is 6.73. The van der Waals surface area contributed by atoms with Gasteiger partial charge in [0, 0.05) is 10.6 Å². The van der Waals surface area contributed by atoms with E-state index in [1.165, 1.54) is 12.1 Å². The van der Waals surface area contributed by atoms with Crippen molar-refractivity contribution in [1.29, 1.82) is 0 Å². The van der Waals surface area contributed by atoms with Gasteiger partial charge in [0.15, 0.2) is 21.5 Å². The summed E-state index contributed by atoms with van der Waals surface area (Å²) in [6.07, 6.45) is -1.29. The number of benzene rings is 2. The summed E-state index contributed by atoms with van der Waals surface area (Å²) in [6.45, 7) is 0. The quantitative estimate of drug-likeness (QED) is 0.904. The van der Waals surface area contributed by atoms with E-state index in [1.54, 1.807) is 18.2 Å². The summed E-state index contributed by atoms with van der Waals surface area (Å²) in [7, 11) is -3.73. The van der Waals surface area contributed by atoms with Crippen LogP contribution in [-0.4, -0.2) is 19.3 Å². The Kier molecular flexibility index (Phi) is 5.16. The molecule has 0 saturated carbocycles. The molecule has 0 aliphatic rings. The maximum absolute atomic E-state index is 13.1.